The van der Waals surface area contributed by atoms with Gasteiger partial charge in [-0.25, -0.2) is 17.5 Å². The van der Waals surface area contributed by atoms with Gasteiger partial charge in [-0.2, -0.15) is 0 Å². The van der Waals surface area contributed by atoms with Crippen LogP contribution in [0.3, 0.4) is 0 Å². The Balaban J connectivity index is 1.79. The van der Waals surface area contributed by atoms with Gasteiger partial charge in [0.2, 0.25) is 10.0 Å². The maximum Gasteiger partial charge on any atom is 0.307 e. The third-order valence-corrected chi connectivity index (χ3v) is 4.99. The smallest absolute Gasteiger partial charge is 0.307 e. The van der Waals surface area contributed by atoms with Crippen LogP contribution in [0, 0.1) is 5.82 Å². The highest BCUT2D eigenvalue weighted by Gasteiger charge is 2.15. The predicted octanol–water partition coefficient (Wildman–Crippen LogP) is 1.93. The SMILES string of the molecule is COc1ccc(C(=O)COC(=O)CCNS(=O)(=O)c2ccccc2)cc1F. The predicted molar refractivity (Wildman–Crippen MR) is 94.5 cm³/mol. The summed E-state index contributed by atoms with van der Waals surface area (Å²) in [6, 6.07) is 11.3. The highest BCUT2D eigenvalue weighted by atomic mass is 32.2. The van der Waals surface area contributed by atoms with E-state index in [0.29, 0.717) is 0 Å². The van der Waals surface area contributed by atoms with Gasteiger partial charge in [0.25, 0.3) is 0 Å². The second-order valence-electron chi connectivity index (χ2n) is 5.39. The Morgan fingerprint density at radius 2 is 1.81 bits per heavy atom. The summed E-state index contributed by atoms with van der Waals surface area (Å²) in [5.41, 5.74) is 0.0332. The first kappa shape index (κ1) is 20.5. The van der Waals surface area contributed by atoms with Gasteiger partial charge in [-0.3, -0.25) is 9.59 Å². The molecule has 0 aliphatic rings. The number of Topliss-reactive ketones (excluding diaryl/α,β-unsaturated/α-hetero) is 1. The molecule has 7 nitrogen and oxygen atoms in total. The summed E-state index contributed by atoms with van der Waals surface area (Å²) < 4.78 is 49.4. The lowest BCUT2D eigenvalue weighted by molar-refractivity contribution is -0.142. The summed E-state index contributed by atoms with van der Waals surface area (Å²) in [7, 11) is -2.42. The zero-order chi connectivity index (χ0) is 19.9. The quantitative estimate of drug-likeness (QED) is 0.515. The standard InChI is InChI=1S/C18H18FNO6S/c1-25-17-8-7-13(11-15(17)19)16(21)12-26-18(22)9-10-20-27(23,24)14-5-3-2-4-6-14/h2-8,11,20H,9-10,12H2,1H3. The van der Waals surface area contributed by atoms with Crippen LogP contribution >= 0.6 is 0 Å². The Labute approximate surface area is 156 Å². The first-order chi connectivity index (χ1) is 12.8. The highest BCUT2D eigenvalue weighted by molar-refractivity contribution is 7.89. The summed E-state index contributed by atoms with van der Waals surface area (Å²) in [5, 5.41) is 0. The van der Waals surface area contributed by atoms with Crippen molar-refractivity contribution in [3.05, 3.63) is 59.9 Å². The van der Waals surface area contributed by atoms with Gasteiger partial charge in [-0.15, -0.1) is 0 Å². The summed E-state index contributed by atoms with van der Waals surface area (Å²) in [6.07, 6.45) is -0.254. The molecule has 144 valence electrons. The van der Waals surface area contributed by atoms with Gasteiger partial charge in [0.1, 0.15) is 0 Å². The van der Waals surface area contributed by atoms with E-state index in [0.717, 1.165) is 6.07 Å². The maximum atomic E-state index is 13.6. The summed E-state index contributed by atoms with van der Waals surface area (Å²) >= 11 is 0. The molecule has 0 saturated heterocycles. The number of hydrogen-bond donors (Lipinski definition) is 1. The molecular formula is C18H18FNO6S. The van der Waals surface area contributed by atoms with Gasteiger partial charge < -0.3 is 9.47 Å². The molecule has 0 atom stereocenters. The van der Waals surface area contributed by atoms with E-state index in [1.165, 1.54) is 31.4 Å². The highest BCUT2D eigenvalue weighted by Crippen LogP contribution is 2.18. The van der Waals surface area contributed by atoms with Crippen LogP contribution in [0.1, 0.15) is 16.8 Å². The van der Waals surface area contributed by atoms with Gasteiger partial charge in [-0.1, -0.05) is 18.2 Å². The largest absolute Gasteiger partial charge is 0.494 e. The summed E-state index contributed by atoms with van der Waals surface area (Å²) in [4.78, 5) is 23.7. The van der Waals surface area contributed by atoms with Crippen LogP contribution in [0.5, 0.6) is 5.75 Å². The fourth-order valence-corrected chi connectivity index (χ4v) is 3.16. The van der Waals surface area contributed by atoms with Crippen molar-refractivity contribution in [1.29, 1.82) is 0 Å². The van der Waals surface area contributed by atoms with E-state index < -0.39 is 34.2 Å². The van der Waals surface area contributed by atoms with Crippen LogP contribution in [0.25, 0.3) is 0 Å². The number of carbonyl (C=O) groups excluding carboxylic acids is 2. The molecule has 2 aromatic rings. The number of sulfonamides is 1. The molecule has 0 unspecified atom stereocenters. The van der Waals surface area contributed by atoms with E-state index in [9.17, 15) is 22.4 Å². The Kier molecular flexibility index (Phi) is 7.03. The number of benzene rings is 2. The Morgan fingerprint density at radius 3 is 2.44 bits per heavy atom. The van der Waals surface area contributed by atoms with Crippen molar-refractivity contribution < 1.29 is 31.9 Å². The fraction of sp³-hybridized carbons (Fsp3) is 0.222. The number of nitrogens with one attached hydrogen (secondary N) is 1. The van der Waals surface area contributed by atoms with E-state index >= 15 is 0 Å². The average Bonchev–Trinajstić information content (AvgIpc) is 2.66. The van der Waals surface area contributed by atoms with Gasteiger partial charge in [0.05, 0.1) is 18.4 Å². The van der Waals surface area contributed by atoms with Crippen molar-refractivity contribution in [3.63, 3.8) is 0 Å². The van der Waals surface area contributed by atoms with Crippen LogP contribution in [0.2, 0.25) is 0 Å². The van der Waals surface area contributed by atoms with E-state index in [4.69, 9.17) is 9.47 Å². The van der Waals surface area contributed by atoms with Crippen molar-refractivity contribution in [3.8, 4) is 5.75 Å². The molecular weight excluding hydrogens is 377 g/mol. The fourth-order valence-electron chi connectivity index (χ4n) is 2.11. The van der Waals surface area contributed by atoms with Crippen molar-refractivity contribution in [2.24, 2.45) is 0 Å². The number of hydrogen-bond acceptors (Lipinski definition) is 6. The van der Waals surface area contributed by atoms with E-state index in [1.807, 2.05) is 0 Å². The lowest BCUT2D eigenvalue weighted by Gasteiger charge is -2.08. The van der Waals surface area contributed by atoms with Crippen molar-refractivity contribution in [2.45, 2.75) is 11.3 Å². The van der Waals surface area contributed by atoms with Crippen LogP contribution < -0.4 is 9.46 Å². The molecule has 0 saturated carbocycles. The molecule has 1 N–H and O–H groups in total. The Hall–Kier alpha value is -2.78. The average molecular weight is 395 g/mol. The van der Waals surface area contributed by atoms with Gasteiger partial charge >= 0.3 is 5.97 Å². The monoisotopic (exact) mass is 395 g/mol. The van der Waals surface area contributed by atoms with E-state index in [1.54, 1.807) is 18.2 Å². The van der Waals surface area contributed by atoms with E-state index in [-0.39, 0.29) is 29.2 Å². The zero-order valence-corrected chi connectivity index (χ0v) is 15.3. The first-order valence-electron chi connectivity index (χ1n) is 7.90. The van der Waals surface area contributed by atoms with Crippen molar-refractivity contribution >= 4 is 21.8 Å². The number of esters is 1. The minimum atomic E-state index is -3.72. The number of halogens is 1. The molecule has 0 fully saturated rings. The van der Waals surface area contributed by atoms with Crippen LogP contribution in [-0.4, -0.2) is 40.4 Å². The second-order valence-corrected chi connectivity index (χ2v) is 7.16. The maximum absolute atomic E-state index is 13.6. The normalized spacial score (nSPS) is 11.0. The van der Waals surface area contributed by atoms with E-state index in [2.05, 4.69) is 4.72 Å². The Bertz CT molecular complexity index is 915. The molecule has 2 aromatic carbocycles. The first-order valence-corrected chi connectivity index (χ1v) is 9.39. The number of rotatable bonds is 9. The number of ether oxygens (including phenoxy) is 2. The van der Waals surface area contributed by atoms with Gasteiger partial charge in [0, 0.05) is 12.1 Å². The van der Waals surface area contributed by atoms with Crippen LogP contribution in [-0.2, 0) is 19.6 Å². The number of carbonyl (C=O) groups is 2. The topological polar surface area (TPSA) is 98.8 Å². The minimum absolute atomic E-state index is 0.00533. The molecule has 0 heterocycles. The van der Waals surface area contributed by atoms with Gasteiger partial charge in [-0.05, 0) is 30.3 Å². The third kappa shape index (κ3) is 5.87. The summed E-state index contributed by atoms with van der Waals surface area (Å²) in [6.45, 7) is -0.753. The molecule has 27 heavy (non-hydrogen) atoms. The molecule has 0 bridgehead atoms. The number of ketones is 1. The molecule has 0 spiro atoms. The molecule has 0 amide bonds. The Morgan fingerprint density at radius 1 is 1.11 bits per heavy atom. The lowest BCUT2D eigenvalue weighted by atomic mass is 10.1. The van der Waals surface area contributed by atoms with Crippen LogP contribution in [0.4, 0.5) is 4.39 Å². The zero-order valence-electron chi connectivity index (χ0n) is 14.5. The summed E-state index contributed by atoms with van der Waals surface area (Å²) in [5.74, 6) is -2.05. The van der Waals surface area contributed by atoms with Crippen molar-refractivity contribution in [1.82, 2.24) is 4.72 Å². The molecule has 0 aliphatic carbocycles. The molecule has 2 rings (SSSR count). The molecule has 0 aliphatic heterocycles. The molecule has 9 heteroatoms. The molecule has 0 radical (unpaired) electrons. The lowest BCUT2D eigenvalue weighted by Crippen LogP contribution is -2.27. The minimum Gasteiger partial charge on any atom is -0.494 e. The third-order valence-electron chi connectivity index (χ3n) is 3.51. The molecule has 0 aromatic heterocycles. The second kappa shape index (κ2) is 9.24. The van der Waals surface area contributed by atoms with Gasteiger partial charge in [0.15, 0.2) is 24.0 Å². The number of methoxy groups -OCH3 is 1. The van der Waals surface area contributed by atoms with Crippen LogP contribution in [0.15, 0.2) is 53.4 Å². The van der Waals surface area contributed by atoms with Crippen molar-refractivity contribution in [2.75, 3.05) is 20.3 Å².